The zero-order valence-corrected chi connectivity index (χ0v) is 22.0. The molecule has 0 aromatic heterocycles. The van der Waals surface area contributed by atoms with E-state index in [-0.39, 0.29) is 12.5 Å². The lowest BCUT2D eigenvalue weighted by Gasteiger charge is -2.28. The fraction of sp³-hybridized carbons (Fsp3) is 0.567. The molecule has 35 heavy (non-hydrogen) atoms. The number of rotatable bonds is 13. The minimum absolute atomic E-state index is 0.117. The Morgan fingerprint density at radius 1 is 1.00 bits per heavy atom. The fourth-order valence-corrected chi connectivity index (χ4v) is 4.87. The molecule has 0 bridgehead atoms. The van der Waals surface area contributed by atoms with E-state index in [1.807, 2.05) is 19.1 Å². The molecule has 1 saturated carbocycles. The van der Waals surface area contributed by atoms with Crippen molar-refractivity contribution in [1.29, 1.82) is 0 Å². The highest BCUT2D eigenvalue weighted by Crippen LogP contribution is 2.32. The van der Waals surface area contributed by atoms with Crippen molar-refractivity contribution in [2.75, 3.05) is 6.61 Å². The first-order chi connectivity index (χ1) is 17.0. The molecule has 3 nitrogen and oxygen atoms in total. The molecule has 0 radical (unpaired) electrons. The van der Waals surface area contributed by atoms with Crippen LogP contribution in [0.3, 0.4) is 0 Å². The SMILES string of the molecule is CCCCOc1ccc(-c2ccc(CCC3CCC(OC(=O)[C@@H](F)CCCC)CC3)cc2)cc1Cl. The van der Waals surface area contributed by atoms with Crippen LogP contribution in [-0.2, 0) is 16.0 Å². The van der Waals surface area contributed by atoms with Gasteiger partial charge in [0.25, 0.3) is 0 Å². The Kier molecular flexibility index (Phi) is 11.4. The number of esters is 1. The average Bonchev–Trinajstić information content (AvgIpc) is 2.88. The lowest BCUT2D eigenvalue weighted by molar-refractivity contribution is -0.157. The molecule has 0 unspecified atom stereocenters. The van der Waals surface area contributed by atoms with Crippen molar-refractivity contribution in [2.24, 2.45) is 5.92 Å². The molecule has 192 valence electrons. The second-order valence-electron chi connectivity index (χ2n) is 9.77. The Morgan fingerprint density at radius 2 is 1.69 bits per heavy atom. The van der Waals surface area contributed by atoms with Gasteiger partial charge < -0.3 is 9.47 Å². The maximum absolute atomic E-state index is 13.9. The highest BCUT2D eigenvalue weighted by atomic mass is 35.5. The van der Waals surface area contributed by atoms with E-state index in [0.29, 0.717) is 17.5 Å². The summed E-state index contributed by atoms with van der Waals surface area (Å²) in [6, 6.07) is 14.7. The van der Waals surface area contributed by atoms with E-state index in [1.165, 1.54) is 5.56 Å². The number of unbranched alkanes of at least 4 members (excludes halogenated alkanes) is 2. The summed E-state index contributed by atoms with van der Waals surface area (Å²) in [6.45, 7) is 4.82. The van der Waals surface area contributed by atoms with Crippen molar-refractivity contribution in [2.45, 2.75) is 96.8 Å². The monoisotopic (exact) mass is 502 g/mol. The van der Waals surface area contributed by atoms with Gasteiger partial charge in [0, 0.05) is 0 Å². The molecule has 0 saturated heterocycles. The van der Waals surface area contributed by atoms with Crippen LogP contribution in [0.15, 0.2) is 42.5 Å². The van der Waals surface area contributed by atoms with Crippen LogP contribution in [0.1, 0.15) is 83.6 Å². The van der Waals surface area contributed by atoms with Crippen molar-refractivity contribution in [1.82, 2.24) is 0 Å². The standard InChI is InChI=1S/C30H40ClFO3/c1-3-5-7-28(32)30(33)35-26-17-12-23(13-18-26)9-8-22-10-14-24(15-11-22)25-16-19-29(27(31)21-25)34-20-6-4-2/h10-11,14-16,19,21,23,26,28H,3-9,12-13,17-18,20H2,1-2H3/t23?,26?,28-/m0/s1. The zero-order valence-electron chi connectivity index (χ0n) is 21.2. The summed E-state index contributed by atoms with van der Waals surface area (Å²) in [5, 5.41) is 0.645. The zero-order chi connectivity index (χ0) is 25.0. The molecule has 1 fully saturated rings. The van der Waals surface area contributed by atoms with Gasteiger partial charge in [-0.1, -0.05) is 75.0 Å². The summed E-state index contributed by atoms with van der Waals surface area (Å²) in [5.41, 5.74) is 3.55. The summed E-state index contributed by atoms with van der Waals surface area (Å²) in [6.07, 6.45) is 8.32. The largest absolute Gasteiger partial charge is 0.492 e. The molecule has 1 aliphatic rings. The van der Waals surface area contributed by atoms with Gasteiger partial charge in [0.15, 0.2) is 6.17 Å². The normalized spacial score (nSPS) is 18.7. The molecular weight excluding hydrogens is 463 g/mol. The Balaban J connectivity index is 1.42. The minimum Gasteiger partial charge on any atom is -0.492 e. The molecule has 2 aromatic carbocycles. The first kappa shape index (κ1) is 27.5. The highest BCUT2D eigenvalue weighted by molar-refractivity contribution is 6.32. The number of aryl methyl sites for hydroxylation is 1. The third kappa shape index (κ3) is 8.83. The number of alkyl halides is 1. The van der Waals surface area contributed by atoms with Gasteiger partial charge in [-0.25, -0.2) is 9.18 Å². The van der Waals surface area contributed by atoms with Gasteiger partial charge in [-0.3, -0.25) is 0 Å². The van der Waals surface area contributed by atoms with Crippen molar-refractivity contribution in [3.8, 4) is 16.9 Å². The lowest BCUT2D eigenvalue weighted by Crippen LogP contribution is -2.29. The maximum atomic E-state index is 13.9. The molecule has 0 amide bonds. The third-order valence-corrected chi connectivity index (χ3v) is 7.25. The summed E-state index contributed by atoms with van der Waals surface area (Å²) in [5.74, 6) is 0.706. The Labute approximate surface area is 215 Å². The van der Waals surface area contributed by atoms with Crippen LogP contribution in [0.5, 0.6) is 5.75 Å². The number of halogens is 2. The van der Waals surface area contributed by atoms with Crippen LogP contribution < -0.4 is 4.74 Å². The molecule has 1 aliphatic carbocycles. The van der Waals surface area contributed by atoms with E-state index in [9.17, 15) is 9.18 Å². The third-order valence-electron chi connectivity index (χ3n) is 6.96. The molecule has 0 spiro atoms. The van der Waals surface area contributed by atoms with E-state index in [4.69, 9.17) is 21.1 Å². The van der Waals surface area contributed by atoms with Crippen molar-refractivity contribution in [3.05, 3.63) is 53.1 Å². The number of hydrogen-bond donors (Lipinski definition) is 0. The molecule has 0 aliphatic heterocycles. The maximum Gasteiger partial charge on any atom is 0.340 e. The van der Waals surface area contributed by atoms with Crippen molar-refractivity contribution < 1.29 is 18.7 Å². The second-order valence-corrected chi connectivity index (χ2v) is 10.2. The molecule has 1 atom stereocenters. The first-order valence-corrected chi connectivity index (χ1v) is 13.7. The van der Waals surface area contributed by atoms with E-state index < -0.39 is 12.1 Å². The summed E-state index contributed by atoms with van der Waals surface area (Å²) in [7, 11) is 0. The number of carbonyl (C=O) groups is 1. The van der Waals surface area contributed by atoms with Crippen molar-refractivity contribution in [3.63, 3.8) is 0 Å². The molecule has 2 aromatic rings. The highest BCUT2D eigenvalue weighted by Gasteiger charge is 2.27. The number of hydrogen-bond acceptors (Lipinski definition) is 3. The van der Waals surface area contributed by atoms with Gasteiger partial charge in [0.05, 0.1) is 11.6 Å². The van der Waals surface area contributed by atoms with Crippen LogP contribution >= 0.6 is 11.6 Å². The van der Waals surface area contributed by atoms with E-state index in [0.717, 1.165) is 81.1 Å². The topological polar surface area (TPSA) is 35.5 Å². The quantitative estimate of drug-likeness (QED) is 0.203. The predicted molar refractivity (Wildman–Crippen MR) is 142 cm³/mol. The second kappa shape index (κ2) is 14.5. The summed E-state index contributed by atoms with van der Waals surface area (Å²) < 4.78 is 25.0. The van der Waals surface area contributed by atoms with Gasteiger partial charge in [0.2, 0.25) is 0 Å². The number of benzene rings is 2. The van der Waals surface area contributed by atoms with Gasteiger partial charge in [0.1, 0.15) is 11.9 Å². The number of ether oxygens (including phenoxy) is 2. The van der Waals surface area contributed by atoms with Gasteiger partial charge in [-0.2, -0.15) is 0 Å². The first-order valence-electron chi connectivity index (χ1n) is 13.4. The molecule has 0 heterocycles. The number of carbonyl (C=O) groups excluding carboxylic acids is 1. The smallest absolute Gasteiger partial charge is 0.340 e. The van der Waals surface area contributed by atoms with Crippen LogP contribution in [0.25, 0.3) is 11.1 Å². The van der Waals surface area contributed by atoms with Gasteiger partial charge in [-0.05, 0) is 86.1 Å². The van der Waals surface area contributed by atoms with Crippen LogP contribution in [0, 0.1) is 5.92 Å². The fourth-order valence-electron chi connectivity index (χ4n) is 4.64. The van der Waals surface area contributed by atoms with Gasteiger partial charge >= 0.3 is 5.97 Å². The average molecular weight is 503 g/mol. The van der Waals surface area contributed by atoms with Crippen LogP contribution in [0.2, 0.25) is 5.02 Å². The molecule has 5 heteroatoms. The molecular formula is C30H40ClFO3. The van der Waals surface area contributed by atoms with E-state index in [2.05, 4.69) is 37.3 Å². The molecule has 0 N–H and O–H groups in total. The Morgan fingerprint density at radius 3 is 2.34 bits per heavy atom. The van der Waals surface area contributed by atoms with Gasteiger partial charge in [-0.15, -0.1) is 0 Å². The van der Waals surface area contributed by atoms with Crippen LogP contribution in [0.4, 0.5) is 4.39 Å². The van der Waals surface area contributed by atoms with E-state index in [1.54, 1.807) is 0 Å². The predicted octanol–water partition coefficient (Wildman–Crippen LogP) is 8.75. The Bertz CT molecular complexity index is 906. The van der Waals surface area contributed by atoms with Crippen LogP contribution in [-0.4, -0.2) is 24.9 Å². The summed E-state index contributed by atoms with van der Waals surface area (Å²) >= 11 is 6.43. The molecule has 3 rings (SSSR count). The Hall–Kier alpha value is -2.07. The van der Waals surface area contributed by atoms with Crippen molar-refractivity contribution >= 4 is 17.6 Å². The minimum atomic E-state index is -1.47. The summed E-state index contributed by atoms with van der Waals surface area (Å²) in [4.78, 5) is 11.9. The van der Waals surface area contributed by atoms with E-state index >= 15 is 0 Å². The lowest BCUT2D eigenvalue weighted by atomic mass is 9.83.